The molecule has 2 rings (SSSR count). The van der Waals surface area contributed by atoms with Crippen LogP contribution in [0, 0.1) is 0 Å². The molecule has 0 saturated carbocycles. The first kappa shape index (κ1) is 21.1. The molecule has 0 aliphatic carbocycles. The smallest absolute Gasteiger partial charge is 0.344 e. The van der Waals surface area contributed by atoms with Crippen molar-refractivity contribution in [1.29, 1.82) is 0 Å². The summed E-state index contributed by atoms with van der Waals surface area (Å²) in [5.74, 6) is -0.715. The molecule has 27 heavy (non-hydrogen) atoms. The maximum absolute atomic E-state index is 12.1. The number of carbonyl (C=O) groups excluding carboxylic acids is 2. The topological polar surface area (TPSA) is 64.6 Å². The molecule has 1 N–H and O–H groups in total. The lowest BCUT2D eigenvalue weighted by Crippen LogP contribution is -2.33. The Balaban J connectivity index is 1.79. The van der Waals surface area contributed by atoms with E-state index in [2.05, 4.69) is 5.32 Å². The van der Waals surface area contributed by atoms with Gasteiger partial charge in [0, 0.05) is 5.02 Å². The second-order valence-electron chi connectivity index (χ2n) is 5.84. The molecule has 0 saturated heterocycles. The third-order valence-corrected chi connectivity index (χ3v) is 4.25. The molecule has 2 aromatic carbocycles. The highest BCUT2D eigenvalue weighted by Crippen LogP contribution is 2.27. The zero-order valence-corrected chi connectivity index (χ0v) is 16.4. The summed E-state index contributed by atoms with van der Waals surface area (Å²) in [7, 11) is 0. The van der Waals surface area contributed by atoms with Gasteiger partial charge in [-0.15, -0.1) is 0 Å². The summed E-state index contributed by atoms with van der Waals surface area (Å²) in [5.41, 5.74) is 1.01. The van der Waals surface area contributed by atoms with E-state index in [1.807, 2.05) is 37.3 Å². The monoisotopic (exact) mass is 409 g/mol. The molecule has 0 radical (unpaired) electrons. The van der Waals surface area contributed by atoms with Crippen molar-refractivity contribution in [1.82, 2.24) is 5.32 Å². The molecule has 0 heterocycles. The van der Waals surface area contributed by atoms with E-state index in [0.29, 0.717) is 15.8 Å². The Morgan fingerprint density at radius 3 is 2.48 bits per heavy atom. The summed E-state index contributed by atoms with van der Waals surface area (Å²) in [6.45, 7) is 1.32. The van der Waals surface area contributed by atoms with Gasteiger partial charge in [-0.1, -0.05) is 66.9 Å². The van der Waals surface area contributed by atoms with Gasteiger partial charge in [-0.2, -0.15) is 0 Å². The maximum atomic E-state index is 12.1. The minimum absolute atomic E-state index is 0.119. The van der Waals surface area contributed by atoms with Gasteiger partial charge in [0.2, 0.25) is 0 Å². The van der Waals surface area contributed by atoms with Gasteiger partial charge in [0.15, 0.2) is 13.2 Å². The molecule has 144 valence electrons. The molecule has 0 aliphatic heterocycles. The Kier molecular flexibility index (Phi) is 8.43. The number of esters is 1. The molecule has 1 amide bonds. The van der Waals surface area contributed by atoms with Gasteiger partial charge >= 0.3 is 5.97 Å². The number of benzene rings is 2. The van der Waals surface area contributed by atoms with E-state index in [-0.39, 0.29) is 25.2 Å². The Hall–Kier alpha value is -2.24. The third-order valence-electron chi connectivity index (χ3n) is 3.72. The zero-order chi connectivity index (χ0) is 19.6. The van der Waals surface area contributed by atoms with E-state index in [1.54, 1.807) is 12.1 Å². The lowest BCUT2D eigenvalue weighted by molar-refractivity contribution is -0.150. The predicted octanol–water partition coefficient (Wildman–Crippen LogP) is 4.57. The number of nitrogens with one attached hydrogen (secondary N) is 1. The van der Waals surface area contributed by atoms with Crippen molar-refractivity contribution in [3.63, 3.8) is 0 Å². The summed E-state index contributed by atoms with van der Waals surface area (Å²) in [6, 6.07) is 14.2. The number of hydrogen-bond acceptors (Lipinski definition) is 4. The molecular weight excluding hydrogens is 389 g/mol. The molecule has 0 spiro atoms. The van der Waals surface area contributed by atoms with E-state index in [4.69, 9.17) is 32.7 Å². The highest BCUT2D eigenvalue weighted by molar-refractivity contribution is 6.35. The van der Waals surface area contributed by atoms with Gasteiger partial charge in [-0.05, 0) is 30.2 Å². The van der Waals surface area contributed by atoms with E-state index >= 15 is 0 Å². The first-order valence-corrected chi connectivity index (χ1v) is 9.33. The van der Waals surface area contributed by atoms with Crippen LogP contribution in [-0.4, -0.2) is 25.1 Å². The van der Waals surface area contributed by atoms with E-state index in [1.165, 1.54) is 6.07 Å². The first-order chi connectivity index (χ1) is 13.0. The van der Waals surface area contributed by atoms with Crippen molar-refractivity contribution in [2.45, 2.75) is 25.8 Å². The van der Waals surface area contributed by atoms with Gasteiger partial charge in [0.25, 0.3) is 5.91 Å². The largest absolute Gasteiger partial charge is 0.480 e. The van der Waals surface area contributed by atoms with Crippen LogP contribution in [0.5, 0.6) is 5.75 Å². The molecule has 0 aromatic heterocycles. The average molecular weight is 410 g/mol. The normalized spacial score (nSPS) is 11.5. The number of carbonyl (C=O) groups is 2. The zero-order valence-electron chi connectivity index (χ0n) is 14.9. The number of halogens is 2. The van der Waals surface area contributed by atoms with E-state index < -0.39 is 5.97 Å². The third kappa shape index (κ3) is 7.12. The quantitative estimate of drug-likeness (QED) is 0.615. The Bertz CT molecular complexity index is 768. The second-order valence-corrected chi connectivity index (χ2v) is 6.69. The van der Waals surface area contributed by atoms with Gasteiger partial charge in [-0.25, -0.2) is 4.79 Å². The number of ether oxygens (including phenoxy) is 2. The summed E-state index contributed by atoms with van der Waals surface area (Å²) in [5, 5.41) is 3.64. The van der Waals surface area contributed by atoms with Gasteiger partial charge in [0.1, 0.15) is 5.75 Å². The lowest BCUT2D eigenvalue weighted by Gasteiger charge is -2.18. The Labute approximate surface area is 168 Å². The van der Waals surface area contributed by atoms with Crippen LogP contribution in [0.2, 0.25) is 10.0 Å². The van der Waals surface area contributed by atoms with Gasteiger partial charge in [0.05, 0.1) is 11.1 Å². The Morgan fingerprint density at radius 2 is 1.81 bits per heavy atom. The standard InChI is InChI=1S/C20H21Cl2NO4/c1-2-6-17(14-7-4-3-5-8-14)23-19(24)12-27-20(25)13-26-18-10-9-15(21)11-16(18)22/h3-5,7-11,17H,2,6,12-13H2,1H3,(H,23,24)/t17-/m0/s1. The summed E-state index contributed by atoms with van der Waals surface area (Å²) >= 11 is 11.8. The van der Waals surface area contributed by atoms with Crippen molar-refractivity contribution in [3.8, 4) is 5.75 Å². The molecule has 0 fully saturated rings. The molecule has 0 aliphatic rings. The summed E-state index contributed by atoms with van der Waals surface area (Å²) < 4.78 is 10.2. The van der Waals surface area contributed by atoms with Crippen LogP contribution < -0.4 is 10.1 Å². The second kappa shape index (κ2) is 10.8. The molecule has 1 atom stereocenters. The SMILES string of the molecule is CCC[C@H](NC(=O)COC(=O)COc1ccc(Cl)cc1Cl)c1ccccc1. The highest BCUT2D eigenvalue weighted by Gasteiger charge is 2.15. The lowest BCUT2D eigenvalue weighted by atomic mass is 10.0. The van der Waals surface area contributed by atoms with Crippen LogP contribution in [0.25, 0.3) is 0 Å². The number of rotatable bonds is 9. The number of hydrogen-bond donors (Lipinski definition) is 1. The fourth-order valence-corrected chi connectivity index (χ4v) is 2.91. The van der Waals surface area contributed by atoms with Crippen LogP contribution >= 0.6 is 23.2 Å². The summed E-state index contributed by atoms with van der Waals surface area (Å²) in [6.07, 6.45) is 1.71. The van der Waals surface area contributed by atoms with E-state index in [0.717, 1.165) is 18.4 Å². The minimum atomic E-state index is -0.664. The van der Waals surface area contributed by atoms with Crippen molar-refractivity contribution in [2.24, 2.45) is 0 Å². The van der Waals surface area contributed by atoms with Crippen molar-refractivity contribution >= 4 is 35.1 Å². The predicted molar refractivity (Wildman–Crippen MR) is 105 cm³/mol. The van der Waals surface area contributed by atoms with E-state index in [9.17, 15) is 9.59 Å². The molecule has 0 bridgehead atoms. The van der Waals surface area contributed by atoms with Crippen molar-refractivity contribution in [2.75, 3.05) is 13.2 Å². The van der Waals surface area contributed by atoms with Gasteiger partial charge < -0.3 is 14.8 Å². The van der Waals surface area contributed by atoms with Crippen molar-refractivity contribution < 1.29 is 19.1 Å². The average Bonchev–Trinajstić information content (AvgIpc) is 2.66. The first-order valence-electron chi connectivity index (χ1n) is 8.57. The van der Waals surface area contributed by atoms with Crippen LogP contribution in [0.1, 0.15) is 31.4 Å². The van der Waals surface area contributed by atoms with Crippen LogP contribution in [0.4, 0.5) is 0 Å². The van der Waals surface area contributed by atoms with Crippen molar-refractivity contribution in [3.05, 3.63) is 64.1 Å². The fraction of sp³-hybridized carbons (Fsp3) is 0.300. The minimum Gasteiger partial charge on any atom is -0.480 e. The molecule has 7 heteroatoms. The van der Waals surface area contributed by atoms with Crippen LogP contribution in [0.3, 0.4) is 0 Å². The molecule has 2 aromatic rings. The van der Waals surface area contributed by atoms with Crippen LogP contribution in [0.15, 0.2) is 48.5 Å². The maximum Gasteiger partial charge on any atom is 0.344 e. The molecule has 5 nitrogen and oxygen atoms in total. The highest BCUT2D eigenvalue weighted by atomic mass is 35.5. The molecular formula is C20H21Cl2NO4. The Morgan fingerprint density at radius 1 is 1.07 bits per heavy atom. The summed E-state index contributed by atoms with van der Waals surface area (Å²) in [4.78, 5) is 23.9. The van der Waals surface area contributed by atoms with Gasteiger partial charge in [-0.3, -0.25) is 4.79 Å². The number of amides is 1. The van der Waals surface area contributed by atoms with Crippen LogP contribution in [-0.2, 0) is 14.3 Å². The molecule has 0 unspecified atom stereocenters. The fourth-order valence-electron chi connectivity index (χ4n) is 2.45.